The van der Waals surface area contributed by atoms with Gasteiger partial charge < -0.3 is 24.1 Å². The normalized spacial score (nSPS) is 35.1. The summed E-state index contributed by atoms with van der Waals surface area (Å²) in [4.78, 5) is 11.7. The second kappa shape index (κ2) is 6.00. The molecule has 0 radical (unpaired) electrons. The standard InChI is InChI=1S/C11H18O10S/c1-11(2)20-7-6(5(12)4-18-22(14,15)16)19-9(8(7)21-11)10(13)17-3/h5-9,12H,4H2,1-3H3,(H,14,15,16)/t5-,6-,7-,8-,9-/m0/s1. The molecule has 0 spiro atoms. The van der Waals surface area contributed by atoms with Crippen molar-refractivity contribution in [1.29, 1.82) is 0 Å². The van der Waals surface area contributed by atoms with E-state index in [0.29, 0.717) is 0 Å². The topological polar surface area (TPSA) is 138 Å². The van der Waals surface area contributed by atoms with Gasteiger partial charge in [0.1, 0.15) is 24.4 Å². The molecular weight excluding hydrogens is 324 g/mol. The molecule has 10 nitrogen and oxygen atoms in total. The lowest BCUT2D eigenvalue weighted by atomic mass is 10.0. The highest BCUT2D eigenvalue weighted by molar-refractivity contribution is 7.80. The Labute approximate surface area is 127 Å². The van der Waals surface area contributed by atoms with Gasteiger partial charge in [0.2, 0.25) is 0 Å². The summed E-state index contributed by atoms with van der Waals surface area (Å²) >= 11 is 0. The summed E-state index contributed by atoms with van der Waals surface area (Å²) in [7, 11) is -3.53. The summed E-state index contributed by atoms with van der Waals surface area (Å²) < 4.78 is 54.9. The molecule has 2 heterocycles. The average Bonchev–Trinajstić information content (AvgIpc) is 2.87. The van der Waals surface area contributed by atoms with E-state index in [-0.39, 0.29) is 0 Å². The Bertz CT molecular complexity index is 529. The van der Waals surface area contributed by atoms with Gasteiger partial charge in [-0.05, 0) is 13.8 Å². The maximum absolute atomic E-state index is 11.7. The van der Waals surface area contributed by atoms with Crippen LogP contribution in [0.15, 0.2) is 0 Å². The Morgan fingerprint density at radius 2 is 1.91 bits per heavy atom. The molecular formula is C11H18O10S. The summed E-state index contributed by atoms with van der Waals surface area (Å²) in [6, 6.07) is 0. The molecule has 0 bridgehead atoms. The monoisotopic (exact) mass is 342 g/mol. The van der Waals surface area contributed by atoms with E-state index in [1.165, 1.54) is 7.11 Å². The smallest absolute Gasteiger partial charge is 0.397 e. The highest BCUT2D eigenvalue weighted by Gasteiger charge is 2.59. The van der Waals surface area contributed by atoms with Crippen LogP contribution in [0.3, 0.4) is 0 Å². The predicted octanol–water partition coefficient (Wildman–Crippen LogP) is -1.37. The van der Waals surface area contributed by atoms with Crippen molar-refractivity contribution in [2.24, 2.45) is 0 Å². The van der Waals surface area contributed by atoms with Crippen LogP contribution in [0.25, 0.3) is 0 Å². The summed E-state index contributed by atoms with van der Waals surface area (Å²) in [6.45, 7) is 2.49. The second-order valence-corrected chi connectivity index (χ2v) is 6.48. The predicted molar refractivity (Wildman–Crippen MR) is 68.0 cm³/mol. The van der Waals surface area contributed by atoms with E-state index in [9.17, 15) is 18.3 Å². The van der Waals surface area contributed by atoms with Crippen LogP contribution in [0.4, 0.5) is 0 Å². The summed E-state index contributed by atoms with van der Waals surface area (Å²) in [5.41, 5.74) is 0. The van der Waals surface area contributed by atoms with E-state index < -0.39 is 59.3 Å². The fraction of sp³-hybridized carbons (Fsp3) is 0.909. The van der Waals surface area contributed by atoms with Crippen LogP contribution < -0.4 is 0 Å². The van der Waals surface area contributed by atoms with Gasteiger partial charge in [0, 0.05) is 0 Å². The summed E-state index contributed by atoms with van der Waals surface area (Å²) in [6.07, 6.45) is -5.31. The molecule has 0 unspecified atom stereocenters. The highest BCUT2D eigenvalue weighted by atomic mass is 32.3. The Hall–Kier alpha value is -0.820. The van der Waals surface area contributed by atoms with Gasteiger partial charge in [0.05, 0.1) is 13.7 Å². The van der Waals surface area contributed by atoms with Gasteiger partial charge >= 0.3 is 16.4 Å². The number of hydrogen-bond donors (Lipinski definition) is 2. The maximum atomic E-state index is 11.7. The zero-order valence-electron chi connectivity index (χ0n) is 12.2. The van der Waals surface area contributed by atoms with Crippen molar-refractivity contribution < 1.29 is 46.0 Å². The number of carbonyl (C=O) groups is 1. The molecule has 0 aromatic heterocycles. The minimum Gasteiger partial charge on any atom is -0.467 e. The zero-order chi connectivity index (χ0) is 16.7. The van der Waals surface area contributed by atoms with Gasteiger partial charge in [-0.15, -0.1) is 0 Å². The minimum atomic E-state index is -4.71. The largest absolute Gasteiger partial charge is 0.467 e. The molecule has 2 rings (SSSR count). The quantitative estimate of drug-likeness (QED) is 0.454. The first-order chi connectivity index (χ1) is 10.0. The number of methoxy groups -OCH3 is 1. The molecule has 2 N–H and O–H groups in total. The van der Waals surface area contributed by atoms with Crippen molar-refractivity contribution >= 4 is 16.4 Å². The number of esters is 1. The lowest BCUT2D eigenvalue weighted by Gasteiger charge is -2.25. The fourth-order valence-electron chi connectivity index (χ4n) is 2.50. The van der Waals surface area contributed by atoms with Crippen LogP contribution in [0.1, 0.15) is 13.8 Å². The molecule has 0 aliphatic carbocycles. The number of hydrogen-bond acceptors (Lipinski definition) is 9. The Morgan fingerprint density at radius 1 is 1.32 bits per heavy atom. The van der Waals surface area contributed by atoms with Crippen molar-refractivity contribution in [3.63, 3.8) is 0 Å². The Morgan fingerprint density at radius 3 is 2.45 bits per heavy atom. The van der Waals surface area contributed by atoms with Crippen LogP contribution in [-0.2, 0) is 38.3 Å². The molecule has 2 saturated heterocycles. The first kappa shape index (κ1) is 17.5. The number of aliphatic hydroxyl groups excluding tert-OH is 1. The van der Waals surface area contributed by atoms with Crippen LogP contribution in [0, 0.1) is 0 Å². The molecule has 2 aliphatic rings. The van der Waals surface area contributed by atoms with Crippen LogP contribution in [-0.4, -0.2) is 74.1 Å². The zero-order valence-corrected chi connectivity index (χ0v) is 13.0. The molecule has 128 valence electrons. The molecule has 0 amide bonds. The fourth-order valence-corrected chi connectivity index (χ4v) is 2.81. The maximum Gasteiger partial charge on any atom is 0.397 e. The molecule has 22 heavy (non-hydrogen) atoms. The van der Waals surface area contributed by atoms with Crippen LogP contribution in [0.2, 0.25) is 0 Å². The summed E-state index contributed by atoms with van der Waals surface area (Å²) in [5, 5.41) is 9.99. The van der Waals surface area contributed by atoms with E-state index >= 15 is 0 Å². The lowest BCUT2D eigenvalue weighted by molar-refractivity contribution is -0.205. The SMILES string of the molecule is COC(=O)[C@H]1O[C@@H]([C@@H](O)COS(=O)(=O)O)[C@@H]2OC(C)(C)O[C@@H]21. The van der Waals surface area contributed by atoms with Gasteiger partial charge in [0.25, 0.3) is 0 Å². The average molecular weight is 342 g/mol. The molecule has 0 saturated carbocycles. The first-order valence-electron chi connectivity index (χ1n) is 6.43. The third-order valence-corrected chi connectivity index (χ3v) is 3.72. The van der Waals surface area contributed by atoms with Gasteiger partial charge in [-0.3, -0.25) is 4.55 Å². The number of aliphatic hydroxyl groups is 1. The van der Waals surface area contributed by atoms with E-state index in [4.69, 9.17) is 18.8 Å². The minimum absolute atomic E-state index is 0.707. The number of ether oxygens (including phenoxy) is 4. The lowest BCUT2D eigenvalue weighted by Crippen LogP contribution is -2.41. The molecule has 5 atom stereocenters. The van der Waals surface area contributed by atoms with E-state index in [2.05, 4.69) is 8.92 Å². The molecule has 11 heteroatoms. The van der Waals surface area contributed by atoms with Crippen molar-refractivity contribution in [3.8, 4) is 0 Å². The van der Waals surface area contributed by atoms with Gasteiger partial charge in [-0.25, -0.2) is 8.98 Å². The summed E-state index contributed by atoms with van der Waals surface area (Å²) in [5.74, 6) is -1.71. The van der Waals surface area contributed by atoms with Gasteiger partial charge in [-0.1, -0.05) is 0 Å². The van der Waals surface area contributed by atoms with Crippen LogP contribution in [0.5, 0.6) is 0 Å². The Balaban J connectivity index is 2.13. The Kier molecular flexibility index (Phi) is 4.78. The third-order valence-electron chi connectivity index (χ3n) is 3.29. The van der Waals surface area contributed by atoms with Crippen molar-refractivity contribution in [3.05, 3.63) is 0 Å². The molecule has 0 aromatic rings. The molecule has 2 fully saturated rings. The second-order valence-electron chi connectivity index (χ2n) is 5.39. The van der Waals surface area contributed by atoms with Gasteiger partial charge in [0.15, 0.2) is 11.9 Å². The highest BCUT2D eigenvalue weighted by Crippen LogP contribution is 2.40. The van der Waals surface area contributed by atoms with E-state index in [1.54, 1.807) is 13.8 Å². The van der Waals surface area contributed by atoms with Crippen molar-refractivity contribution in [2.45, 2.75) is 50.2 Å². The van der Waals surface area contributed by atoms with E-state index in [0.717, 1.165) is 0 Å². The third kappa shape index (κ3) is 3.74. The van der Waals surface area contributed by atoms with E-state index in [1.807, 2.05) is 0 Å². The number of carbonyl (C=O) groups excluding carboxylic acids is 1. The van der Waals surface area contributed by atoms with Crippen molar-refractivity contribution in [2.75, 3.05) is 13.7 Å². The molecule has 2 aliphatic heterocycles. The number of fused-ring (bicyclic) bond motifs is 1. The van der Waals surface area contributed by atoms with Crippen LogP contribution >= 0.6 is 0 Å². The molecule has 0 aromatic carbocycles. The first-order valence-corrected chi connectivity index (χ1v) is 7.79. The van der Waals surface area contributed by atoms with Gasteiger partial charge in [-0.2, -0.15) is 8.42 Å². The number of rotatable bonds is 5. The van der Waals surface area contributed by atoms with Crippen molar-refractivity contribution in [1.82, 2.24) is 0 Å².